The first-order valence-electron chi connectivity index (χ1n) is 12.1. The van der Waals surface area contributed by atoms with Crippen LogP contribution in [0.15, 0.2) is 117 Å². The molecule has 10 heteroatoms. The van der Waals surface area contributed by atoms with Gasteiger partial charge in [-0.1, -0.05) is 62.2 Å². The minimum absolute atomic E-state index is 0.790. The summed E-state index contributed by atoms with van der Waals surface area (Å²) in [5.41, 5.74) is 5.65. The van der Waals surface area contributed by atoms with Gasteiger partial charge in [-0.3, -0.25) is 0 Å². The van der Waals surface area contributed by atoms with E-state index >= 15 is 0 Å². The number of halogens is 6. The third-order valence-corrected chi connectivity index (χ3v) is 6.89. The van der Waals surface area contributed by atoms with Crippen molar-refractivity contribution in [1.29, 1.82) is 0 Å². The Balaban J connectivity index is 0.000000648. The molecule has 202 valence electrons. The summed E-state index contributed by atoms with van der Waals surface area (Å²) in [6.45, 7) is 3.46. The molecular formula is C29H24BBr2F4NO2. The molecule has 2 aromatic carbocycles. The highest BCUT2D eigenvalue weighted by atomic mass is 79.9. The number of nitrogens with zero attached hydrogens (tertiary/aromatic N) is 1. The van der Waals surface area contributed by atoms with Crippen LogP contribution in [-0.2, 0) is 9.47 Å². The summed E-state index contributed by atoms with van der Waals surface area (Å²) in [6.07, 6.45) is 17.0. The van der Waals surface area contributed by atoms with Crippen molar-refractivity contribution in [2.24, 2.45) is 0 Å². The zero-order chi connectivity index (χ0) is 27.8. The van der Waals surface area contributed by atoms with Crippen molar-refractivity contribution in [2.75, 3.05) is 26.3 Å². The van der Waals surface area contributed by atoms with E-state index in [9.17, 15) is 17.3 Å². The molecule has 0 N–H and O–H groups in total. The van der Waals surface area contributed by atoms with Crippen LogP contribution in [-0.4, -0.2) is 43.8 Å². The van der Waals surface area contributed by atoms with Gasteiger partial charge in [-0.15, -0.1) is 0 Å². The van der Waals surface area contributed by atoms with E-state index in [-0.39, 0.29) is 0 Å². The summed E-state index contributed by atoms with van der Waals surface area (Å²) in [5, 5.41) is 0. The van der Waals surface area contributed by atoms with Crippen molar-refractivity contribution in [3.63, 3.8) is 0 Å². The molecule has 2 heterocycles. The lowest BCUT2D eigenvalue weighted by atomic mass is 10.0. The van der Waals surface area contributed by atoms with E-state index in [1.807, 2.05) is 18.2 Å². The van der Waals surface area contributed by atoms with E-state index in [1.54, 1.807) is 0 Å². The molecule has 39 heavy (non-hydrogen) atoms. The fraction of sp³-hybridized carbons (Fsp3) is 0.138. The van der Waals surface area contributed by atoms with E-state index in [0.29, 0.717) is 0 Å². The molecule has 0 aromatic heterocycles. The first-order valence-corrected chi connectivity index (χ1v) is 13.7. The number of hydrogen-bond donors (Lipinski definition) is 0. The van der Waals surface area contributed by atoms with E-state index in [1.165, 1.54) is 5.71 Å². The molecule has 3 nitrogen and oxygen atoms in total. The van der Waals surface area contributed by atoms with Crippen molar-refractivity contribution in [3.8, 4) is 0 Å². The largest absolute Gasteiger partial charge is 0.673 e. The first kappa shape index (κ1) is 29.0. The molecule has 0 amide bonds. The number of ether oxygens (including phenoxy) is 2. The summed E-state index contributed by atoms with van der Waals surface area (Å²) in [5.74, 6) is 1.63. The summed E-state index contributed by atoms with van der Waals surface area (Å²) in [6, 6.07) is 16.5. The molecule has 2 aromatic rings. The lowest BCUT2D eigenvalue weighted by Crippen LogP contribution is -2.32. The molecule has 2 aliphatic heterocycles. The average molecular weight is 665 g/mol. The first-order chi connectivity index (χ1) is 18.6. The van der Waals surface area contributed by atoms with Gasteiger partial charge in [-0.2, -0.15) is 0 Å². The second-order valence-corrected chi connectivity index (χ2v) is 10.5. The maximum absolute atomic E-state index is 9.75. The van der Waals surface area contributed by atoms with Crippen LogP contribution in [0.25, 0.3) is 11.3 Å². The van der Waals surface area contributed by atoms with Crippen LogP contribution in [0.3, 0.4) is 0 Å². The van der Waals surface area contributed by atoms with Gasteiger partial charge in [-0.05, 0) is 71.4 Å². The van der Waals surface area contributed by atoms with E-state index < -0.39 is 7.25 Å². The van der Waals surface area contributed by atoms with Crippen molar-refractivity contribution in [2.45, 2.75) is 0 Å². The van der Waals surface area contributed by atoms with Crippen molar-refractivity contribution in [3.05, 3.63) is 129 Å². The third kappa shape index (κ3) is 9.34. The van der Waals surface area contributed by atoms with Crippen molar-refractivity contribution >= 4 is 56.2 Å². The highest BCUT2D eigenvalue weighted by Crippen LogP contribution is 2.33. The zero-order valence-corrected chi connectivity index (χ0v) is 23.8. The van der Waals surface area contributed by atoms with Crippen LogP contribution in [0, 0.1) is 0 Å². The minimum atomic E-state index is -6.00. The predicted octanol–water partition coefficient (Wildman–Crippen LogP) is 8.39. The van der Waals surface area contributed by atoms with Crippen LogP contribution in [0.1, 0.15) is 11.1 Å². The predicted molar refractivity (Wildman–Crippen MR) is 156 cm³/mol. The number of morpholine rings is 1. The second-order valence-electron chi connectivity index (χ2n) is 8.65. The Kier molecular flexibility index (Phi) is 9.99. The number of hydrogen-bond acceptors (Lipinski definition) is 2. The number of benzene rings is 2. The van der Waals surface area contributed by atoms with Gasteiger partial charge in [0.2, 0.25) is 0 Å². The van der Waals surface area contributed by atoms with E-state index in [2.05, 4.69) is 115 Å². The van der Waals surface area contributed by atoms with Crippen LogP contribution >= 0.6 is 31.9 Å². The number of allylic oxidation sites excluding steroid dienone is 10. The Morgan fingerprint density at radius 3 is 1.82 bits per heavy atom. The van der Waals surface area contributed by atoms with Gasteiger partial charge in [0.25, 0.3) is 0 Å². The molecule has 1 fully saturated rings. The molecular weight excluding hydrogens is 641 g/mol. The molecule has 0 spiro atoms. The van der Waals surface area contributed by atoms with Gasteiger partial charge in [0.15, 0.2) is 18.8 Å². The van der Waals surface area contributed by atoms with Crippen molar-refractivity contribution in [1.82, 2.24) is 0 Å². The number of rotatable bonds is 3. The molecule has 1 aliphatic carbocycles. The van der Waals surface area contributed by atoms with E-state index in [0.717, 1.165) is 69.0 Å². The summed E-state index contributed by atoms with van der Waals surface area (Å²) in [4.78, 5) is 0. The summed E-state index contributed by atoms with van der Waals surface area (Å²) >= 11 is 7.04. The second kappa shape index (κ2) is 13.4. The Hall–Kier alpha value is -2.95. The average Bonchev–Trinajstić information content (AvgIpc) is 2.92. The maximum Gasteiger partial charge on any atom is 0.673 e. The van der Waals surface area contributed by atoms with Crippen molar-refractivity contribution < 1.29 is 31.3 Å². The highest BCUT2D eigenvalue weighted by Gasteiger charge is 2.20. The van der Waals surface area contributed by atoms with Gasteiger partial charge in [0, 0.05) is 26.7 Å². The molecule has 0 atom stereocenters. The Morgan fingerprint density at radius 1 is 0.718 bits per heavy atom. The standard InChI is InChI=1S/C29H24Br2NO2.BF4/c30-25-8-4-22(5-9-25)24-19-28(34-29(20-24)23-6-10-26(31)11-7-23)14-3-21-1-12-27(13-2-21)32-15-17-33-18-16-32;2-1(3,4)5/h1-14,19-20H,15-18H2;/q+1;-1/b28-14+;. The van der Waals surface area contributed by atoms with Gasteiger partial charge < -0.3 is 26.7 Å². The van der Waals surface area contributed by atoms with Gasteiger partial charge in [0.05, 0.1) is 0 Å². The molecule has 5 rings (SSSR count). The van der Waals surface area contributed by atoms with Gasteiger partial charge in [-0.25, -0.2) is 4.58 Å². The lowest BCUT2D eigenvalue weighted by Gasteiger charge is -2.18. The monoisotopic (exact) mass is 663 g/mol. The van der Waals surface area contributed by atoms with Crippen LogP contribution < -0.4 is 0 Å². The molecule has 1 saturated heterocycles. The molecule has 0 bridgehead atoms. The van der Waals surface area contributed by atoms with Gasteiger partial charge in [0.1, 0.15) is 24.7 Å². The fourth-order valence-electron chi connectivity index (χ4n) is 3.97. The normalized spacial score (nSPS) is 18.2. The third-order valence-electron chi connectivity index (χ3n) is 5.83. The van der Waals surface area contributed by atoms with E-state index in [4.69, 9.17) is 9.47 Å². The molecule has 0 radical (unpaired) electrons. The molecule has 0 unspecified atom stereocenters. The Labute approximate surface area is 241 Å². The Morgan fingerprint density at radius 2 is 1.26 bits per heavy atom. The smallest absolute Gasteiger partial charge is 0.457 e. The highest BCUT2D eigenvalue weighted by molar-refractivity contribution is 9.10. The quantitative estimate of drug-likeness (QED) is 0.187. The zero-order valence-electron chi connectivity index (χ0n) is 20.7. The topological polar surface area (TPSA) is 21.5 Å². The van der Waals surface area contributed by atoms with Crippen LogP contribution in [0.2, 0.25) is 0 Å². The minimum Gasteiger partial charge on any atom is -0.457 e. The maximum atomic E-state index is 9.75. The SMILES string of the molecule is Brc1ccc(C2=C/C(=C\C=C3C=CC(=[N+]4CCOCC4)C=C3)OC(c3ccc(Br)cc3)=C2)cc1.F[B-](F)(F)F. The molecule has 0 saturated carbocycles. The van der Waals surface area contributed by atoms with Gasteiger partial charge >= 0.3 is 7.25 Å². The lowest BCUT2D eigenvalue weighted by molar-refractivity contribution is -0.547. The molecule has 3 aliphatic rings. The summed E-state index contributed by atoms with van der Waals surface area (Å²) < 4.78 is 55.2. The summed E-state index contributed by atoms with van der Waals surface area (Å²) in [7, 11) is -6.00. The fourth-order valence-corrected chi connectivity index (χ4v) is 4.49. The van der Waals surface area contributed by atoms with Crippen LogP contribution in [0.5, 0.6) is 0 Å². The Bertz CT molecular complexity index is 1370. The van der Waals surface area contributed by atoms with Crippen LogP contribution in [0.4, 0.5) is 17.3 Å².